The van der Waals surface area contributed by atoms with E-state index >= 15 is 0 Å². The fourth-order valence-corrected chi connectivity index (χ4v) is 4.07. The number of amides is 1. The monoisotopic (exact) mass is 529 g/mol. The van der Waals surface area contributed by atoms with E-state index in [9.17, 15) is 39.3 Å². The SMILES string of the molecule is CCC(=O)CCCCCNC(=O)CN1CCN(CC(=O)O)CCN(CC(=O)O)CCN(CC(=O)O)CC1. The lowest BCUT2D eigenvalue weighted by Crippen LogP contribution is -2.49. The Morgan fingerprint density at radius 3 is 1.32 bits per heavy atom. The topological polar surface area (TPSA) is 171 Å². The van der Waals surface area contributed by atoms with Gasteiger partial charge in [-0.05, 0) is 12.8 Å². The lowest BCUT2D eigenvalue weighted by molar-refractivity contribution is -0.140. The van der Waals surface area contributed by atoms with Crippen LogP contribution in [0.15, 0.2) is 0 Å². The Bertz CT molecular complexity index is 719. The normalized spacial score (nSPS) is 17.4. The van der Waals surface area contributed by atoms with E-state index < -0.39 is 17.9 Å². The molecule has 1 heterocycles. The summed E-state index contributed by atoms with van der Waals surface area (Å²) in [6.07, 6.45) is 3.53. The van der Waals surface area contributed by atoms with Crippen LogP contribution in [0, 0.1) is 0 Å². The Labute approximate surface area is 218 Å². The highest BCUT2D eigenvalue weighted by molar-refractivity contribution is 5.78. The molecule has 1 amide bonds. The van der Waals surface area contributed by atoms with E-state index in [0.717, 1.165) is 19.3 Å². The number of ketones is 1. The van der Waals surface area contributed by atoms with Crippen LogP contribution in [0.4, 0.5) is 0 Å². The van der Waals surface area contributed by atoms with Gasteiger partial charge in [0.2, 0.25) is 5.91 Å². The molecular formula is C24H43N5O8. The number of nitrogens with zero attached hydrogens (tertiary/aromatic N) is 4. The molecule has 0 atom stereocenters. The summed E-state index contributed by atoms with van der Waals surface area (Å²) < 4.78 is 0. The Morgan fingerprint density at radius 2 is 0.973 bits per heavy atom. The van der Waals surface area contributed by atoms with Crippen LogP contribution in [-0.4, -0.2) is 150 Å². The summed E-state index contributed by atoms with van der Waals surface area (Å²) in [5.41, 5.74) is 0. The predicted molar refractivity (Wildman–Crippen MR) is 135 cm³/mol. The Balaban J connectivity index is 2.74. The maximum absolute atomic E-state index is 12.6. The zero-order valence-corrected chi connectivity index (χ0v) is 21.9. The Kier molecular flexibility index (Phi) is 16.3. The molecule has 1 aliphatic heterocycles. The van der Waals surface area contributed by atoms with Crippen molar-refractivity contribution in [1.82, 2.24) is 24.9 Å². The number of nitrogens with one attached hydrogen (secondary N) is 1. The number of carboxylic acid groups (broad SMARTS) is 3. The molecule has 0 aromatic heterocycles. The molecule has 0 radical (unpaired) electrons. The van der Waals surface area contributed by atoms with Gasteiger partial charge in [0.1, 0.15) is 5.78 Å². The van der Waals surface area contributed by atoms with E-state index in [1.165, 1.54) is 0 Å². The van der Waals surface area contributed by atoms with Gasteiger partial charge in [0.15, 0.2) is 0 Å². The minimum atomic E-state index is -1.01. The van der Waals surface area contributed by atoms with E-state index in [1.807, 2.05) is 11.8 Å². The van der Waals surface area contributed by atoms with Crippen LogP contribution in [0.5, 0.6) is 0 Å². The van der Waals surface area contributed by atoms with Crippen LogP contribution in [-0.2, 0) is 24.0 Å². The average Bonchev–Trinajstić information content (AvgIpc) is 2.81. The maximum Gasteiger partial charge on any atom is 0.317 e. The molecule has 1 aliphatic rings. The molecule has 212 valence electrons. The molecule has 0 saturated carbocycles. The third-order valence-electron chi connectivity index (χ3n) is 6.22. The van der Waals surface area contributed by atoms with Crippen molar-refractivity contribution in [2.75, 3.05) is 85.1 Å². The number of carbonyl (C=O) groups excluding carboxylic acids is 2. The number of hydrogen-bond donors (Lipinski definition) is 4. The molecule has 0 aromatic rings. The molecule has 0 aliphatic carbocycles. The average molecular weight is 530 g/mol. The standard InChI is InChI=1S/C24H43N5O8/c1-2-20(30)6-4-3-5-7-25-21(31)16-26-8-10-27(17-22(32)33)12-14-29(19-24(36)37)15-13-28(11-9-26)18-23(34)35/h2-19H2,1H3,(H,25,31)(H,32,33)(H,34,35)(H,36,37). The lowest BCUT2D eigenvalue weighted by Gasteiger charge is -2.32. The maximum atomic E-state index is 12.6. The van der Waals surface area contributed by atoms with Gasteiger partial charge in [-0.3, -0.25) is 43.6 Å². The van der Waals surface area contributed by atoms with E-state index in [0.29, 0.717) is 71.7 Å². The minimum Gasteiger partial charge on any atom is -0.480 e. The van der Waals surface area contributed by atoms with E-state index in [-0.39, 0.29) is 37.9 Å². The molecule has 37 heavy (non-hydrogen) atoms. The van der Waals surface area contributed by atoms with Crippen molar-refractivity contribution in [1.29, 1.82) is 0 Å². The number of aliphatic carboxylic acids is 3. The highest BCUT2D eigenvalue weighted by Crippen LogP contribution is 2.03. The van der Waals surface area contributed by atoms with Crippen LogP contribution >= 0.6 is 0 Å². The van der Waals surface area contributed by atoms with E-state index in [1.54, 1.807) is 14.7 Å². The van der Waals surface area contributed by atoms with Gasteiger partial charge in [-0.25, -0.2) is 0 Å². The molecular weight excluding hydrogens is 486 g/mol. The first kappa shape index (κ1) is 32.4. The summed E-state index contributed by atoms with van der Waals surface area (Å²) in [5.74, 6) is -2.92. The van der Waals surface area contributed by atoms with Crippen molar-refractivity contribution in [3.63, 3.8) is 0 Å². The Morgan fingerprint density at radius 1 is 0.595 bits per heavy atom. The predicted octanol–water partition coefficient (Wildman–Crippen LogP) is -0.882. The van der Waals surface area contributed by atoms with Crippen molar-refractivity contribution in [3.8, 4) is 0 Å². The fourth-order valence-electron chi connectivity index (χ4n) is 4.07. The largest absolute Gasteiger partial charge is 0.480 e. The summed E-state index contributed by atoms with van der Waals surface area (Å²) in [5, 5.41) is 30.7. The molecule has 1 saturated heterocycles. The first-order chi connectivity index (χ1) is 17.6. The molecule has 0 bridgehead atoms. The molecule has 1 rings (SSSR count). The number of unbranched alkanes of at least 4 members (excludes halogenated alkanes) is 2. The zero-order valence-electron chi connectivity index (χ0n) is 21.9. The van der Waals surface area contributed by atoms with Gasteiger partial charge >= 0.3 is 17.9 Å². The summed E-state index contributed by atoms with van der Waals surface area (Å²) in [7, 11) is 0. The number of rotatable bonds is 15. The van der Waals surface area contributed by atoms with Crippen LogP contribution in [0.1, 0.15) is 39.0 Å². The van der Waals surface area contributed by atoms with Crippen molar-refractivity contribution in [2.24, 2.45) is 0 Å². The van der Waals surface area contributed by atoms with E-state index in [4.69, 9.17) is 0 Å². The highest BCUT2D eigenvalue weighted by atomic mass is 16.4. The van der Waals surface area contributed by atoms with E-state index in [2.05, 4.69) is 5.32 Å². The third-order valence-corrected chi connectivity index (χ3v) is 6.22. The van der Waals surface area contributed by atoms with Gasteiger partial charge in [-0.1, -0.05) is 13.3 Å². The quantitative estimate of drug-likeness (QED) is 0.193. The zero-order chi connectivity index (χ0) is 27.6. The first-order valence-electron chi connectivity index (χ1n) is 12.9. The second-order valence-corrected chi connectivity index (χ2v) is 9.34. The van der Waals surface area contributed by atoms with Crippen molar-refractivity contribution >= 4 is 29.6 Å². The number of carboxylic acids is 3. The first-order valence-corrected chi connectivity index (χ1v) is 12.9. The van der Waals surface area contributed by atoms with Crippen LogP contribution < -0.4 is 5.32 Å². The second kappa shape index (κ2) is 18.6. The Hall–Kier alpha value is -2.61. The summed E-state index contributed by atoms with van der Waals surface area (Å²) >= 11 is 0. The summed E-state index contributed by atoms with van der Waals surface area (Å²) in [6.45, 7) is 4.67. The van der Waals surface area contributed by atoms with Crippen molar-refractivity contribution in [2.45, 2.75) is 39.0 Å². The molecule has 0 unspecified atom stereocenters. The molecule has 0 spiro atoms. The minimum absolute atomic E-state index is 0.0985. The van der Waals surface area contributed by atoms with Crippen LogP contribution in [0.2, 0.25) is 0 Å². The molecule has 13 nitrogen and oxygen atoms in total. The number of hydrogen-bond acceptors (Lipinski definition) is 9. The van der Waals surface area contributed by atoms with Gasteiger partial charge in [-0.2, -0.15) is 0 Å². The third kappa shape index (κ3) is 16.7. The van der Waals surface area contributed by atoms with Gasteiger partial charge in [-0.15, -0.1) is 0 Å². The van der Waals surface area contributed by atoms with Gasteiger partial charge in [0.25, 0.3) is 0 Å². The second-order valence-electron chi connectivity index (χ2n) is 9.34. The fraction of sp³-hybridized carbons (Fsp3) is 0.792. The molecule has 13 heteroatoms. The number of carbonyl (C=O) groups is 5. The van der Waals surface area contributed by atoms with Crippen LogP contribution in [0.25, 0.3) is 0 Å². The lowest BCUT2D eigenvalue weighted by atomic mass is 10.1. The van der Waals surface area contributed by atoms with Crippen molar-refractivity contribution < 1.29 is 39.3 Å². The van der Waals surface area contributed by atoms with Gasteiger partial charge < -0.3 is 20.6 Å². The van der Waals surface area contributed by atoms with Gasteiger partial charge in [0.05, 0.1) is 26.2 Å². The smallest absolute Gasteiger partial charge is 0.317 e. The molecule has 0 aromatic carbocycles. The number of Topliss-reactive ketones (excluding diaryl/α,β-unsaturated/α-hetero) is 1. The van der Waals surface area contributed by atoms with Crippen LogP contribution in [0.3, 0.4) is 0 Å². The summed E-state index contributed by atoms with van der Waals surface area (Å²) in [6, 6.07) is 0. The molecule has 1 fully saturated rings. The van der Waals surface area contributed by atoms with Crippen molar-refractivity contribution in [3.05, 3.63) is 0 Å². The molecule has 4 N–H and O–H groups in total. The summed E-state index contributed by atoms with van der Waals surface area (Å²) in [4.78, 5) is 64.9. The highest BCUT2D eigenvalue weighted by Gasteiger charge is 2.21. The van der Waals surface area contributed by atoms with Gasteiger partial charge in [0, 0.05) is 71.7 Å².